The summed E-state index contributed by atoms with van der Waals surface area (Å²) in [6.45, 7) is 1.79. The van der Waals surface area contributed by atoms with Gasteiger partial charge in [0.05, 0.1) is 5.56 Å². The Morgan fingerprint density at radius 3 is 2.68 bits per heavy atom. The molecule has 2 aliphatic rings. The van der Waals surface area contributed by atoms with Crippen molar-refractivity contribution < 1.29 is 19.0 Å². The maximum absolute atomic E-state index is 12.0. The van der Waals surface area contributed by atoms with E-state index < -0.39 is 0 Å². The van der Waals surface area contributed by atoms with Crippen molar-refractivity contribution in [1.82, 2.24) is 5.32 Å². The van der Waals surface area contributed by atoms with Gasteiger partial charge in [0.2, 0.25) is 0 Å². The van der Waals surface area contributed by atoms with Crippen molar-refractivity contribution in [3.8, 4) is 11.5 Å². The fourth-order valence-corrected chi connectivity index (χ4v) is 2.16. The molecular formula is C14H15NO4. The number of fused-ring (bicyclic) bond motifs is 1. The van der Waals surface area contributed by atoms with Crippen LogP contribution in [-0.4, -0.2) is 25.2 Å². The third-order valence-corrected chi connectivity index (χ3v) is 3.18. The molecule has 0 spiro atoms. The summed E-state index contributed by atoms with van der Waals surface area (Å²) in [6, 6.07) is 5.03. The highest BCUT2D eigenvalue weighted by atomic mass is 16.5. The fraction of sp³-hybridized carbons (Fsp3) is 0.357. The van der Waals surface area contributed by atoms with Crippen molar-refractivity contribution in [2.75, 3.05) is 13.1 Å². The molecule has 5 nitrogen and oxygen atoms in total. The Morgan fingerprint density at radius 2 is 1.89 bits per heavy atom. The van der Waals surface area contributed by atoms with E-state index >= 15 is 0 Å². The van der Waals surface area contributed by atoms with Gasteiger partial charge < -0.3 is 19.5 Å². The number of carbonyl (C=O) groups excluding carboxylic acids is 1. The molecule has 0 radical (unpaired) electrons. The lowest BCUT2D eigenvalue weighted by Crippen LogP contribution is -2.33. The molecule has 1 N–H and O–H groups in total. The maximum atomic E-state index is 12.0. The molecule has 0 saturated carbocycles. The molecule has 0 bridgehead atoms. The zero-order valence-electron chi connectivity index (χ0n) is 10.4. The number of hydrogen-bond donors (Lipinski definition) is 1. The van der Waals surface area contributed by atoms with Crippen molar-refractivity contribution >= 4 is 5.97 Å². The standard InChI is InChI=1S/C14H15NO4/c16-14(19-11-3-5-15-6-4-11)10-1-2-12-13(9-10)18-8-7-17-12/h1-2,7-9,11,15H,3-6H2. The van der Waals surface area contributed by atoms with Crippen molar-refractivity contribution in [3.05, 3.63) is 36.3 Å². The third kappa shape index (κ3) is 2.71. The summed E-state index contributed by atoms with van der Waals surface area (Å²) in [4.78, 5) is 12.0. The van der Waals surface area contributed by atoms with Crippen LogP contribution < -0.4 is 14.8 Å². The smallest absolute Gasteiger partial charge is 0.338 e. The van der Waals surface area contributed by atoms with Crippen LogP contribution in [0.3, 0.4) is 0 Å². The minimum atomic E-state index is -0.312. The van der Waals surface area contributed by atoms with Gasteiger partial charge in [-0.2, -0.15) is 0 Å². The molecule has 100 valence electrons. The number of nitrogens with one attached hydrogen (secondary N) is 1. The highest BCUT2D eigenvalue weighted by Crippen LogP contribution is 2.31. The molecular weight excluding hydrogens is 246 g/mol. The number of hydrogen-bond acceptors (Lipinski definition) is 5. The monoisotopic (exact) mass is 261 g/mol. The molecule has 0 amide bonds. The normalized spacial score (nSPS) is 18.1. The van der Waals surface area contributed by atoms with Gasteiger partial charge in [0.25, 0.3) is 0 Å². The summed E-state index contributed by atoms with van der Waals surface area (Å²) in [5.41, 5.74) is 0.483. The van der Waals surface area contributed by atoms with E-state index in [1.165, 1.54) is 12.5 Å². The second-order valence-electron chi connectivity index (χ2n) is 4.52. The summed E-state index contributed by atoms with van der Waals surface area (Å²) >= 11 is 0. The molecule has 0 atom stereocenters. The molecule has 0 aliphatic carbocycles. The van der Waals surface area contributed by atoms with Gasteiger partial charge >= 0.3 is 5.97 Å². The molecule has 1 aromatic rings. The molecule has 2 aliphatic heterocycles. The van der Waals surface area contributed by atoms with E-state index in [1.807, 2.05) is 0 Å². The molecule has 0 unspecified atom stereocenters. The Hall–Kier alpha value is -2.01. The maximum Gasteiger partial charge on any atom is 0.338 e. The zero-order valence-corrected chi connectivity index (χ0v) is 10.4. The Morgan fingerprint density at radius 1 is 1.16 bits per heavy atom. The predicted molar refractivity (Wildman–Crippen MR) is 68.1 cm³/mol. The number of rotatable bonds is 2. The van der Waals surface area contributed by atoms with Crippen LogP contribution in [0.1, 0.15) is 23.2 Å². The van der Waals surface area contributed by atoms with Crippen LogP contribution in [0.25, 0.3) is 0 Å². The molecule has 3 rings (SSSR count). The second-order valence-corrected chi connectivity index (χ2v) is 4.52. The molecule has 5 heteroatoms. The highest BCUT2D eigenvalue weighted by Gasteiger charge is 2.20. The van der Waals surface area contributed by atoms with E-state index in [1.54, 1.807) is 18.2 Å². The number of esters is 1. The number of benzene rings is 1. The first kappa shape index (κ1) is 12.0. The highest BCUT2D eigenvalue weighted by molar-refractivity contribution is 5.90. The van der Waals surface area contributed by atoms with Crippen LogP contribution in [-0.2, 0) is 4.74 Å². The van der Waals surface area contributed by atoms with Crippen molar-refractivity contribution in [2.24, 2.45) is 0 Å². The number of carbonyl (C=O) groups is 1. The van der Waals surface area contributed by atoms with Gasteiger partial charge in [0.15, 0.2) is 11.5 Å². The lowest BCUT2D eigenvalue weighted by atomic mass is 10.1. The van der Waals surface area contributed by atoms with Gasteiger partial charge in [0.1, 0.15) is 18.6 Å². The summed E-state index contributed by atoms with van der Waals surface area (Å²) in [7, 11) is 0. The van der Waals surface area contributed by atoms with Crippen LogP contribution in [0.2, 0.25) is 0 Å². The zero-order chi connectivity index (χ0) is 13.1. The SMILES string of the molecule is O=C(OC1CCNCC1)c1ccc2c(c1)OC=CO2. The first-order valence-corrected chi connectivity index (χ1v) is 6.37. The van der Waals surface area contributed by atoms with Crippen molar-refractivity contribution in [3.63, 3.8) is 0 Å². The minimum Gasteiger partial charge on any atom is -0.459 e. The van der Waals surface area contributed by atoms with Crippen LogP contribution in [0.15, 0.2) is 30.7 Å². The summed E-state index contributed by atoms with van der Waals surface area (Å²) in [5, 5.41) is 3.23. The van der Waals surface area contributed by atoms with E-state index in [-0.39, 0.29) is 12.1 Å². The van der Waals surface area contributed by atoms with Crippen LogP contribution in [0.5, 0.6) is 11.5 Å². The van der Waals surface area contributed by atoms with Crippen molar-refractivity contribution in [2.45, 2.75) is 18.9 Å². The Bertz CT molecular complexity index is 506. The topological polar surface area (TPSA) is 56.8 Å². The first-order valence-electron chi connectivity index (χ1n) is 6.37. The summed E-state index contributed by atoms with van der Waals surface area (Å²) < 4.78 is 16.0. The largest absolute Gasteiger partial charge is 0.459 e. The van der Waals surface area contributed by atoms with Gasteiger partial charge in [-0.25, -0.2) is 4.79 Å². The predicted octanol–water partition coefficient (Wildman–Crippen LogP) is 1.84. The molecule has 0 aromatic heterocycles. The third-order valence-electron chi connectivity index (χ3n) is 3.18. The van der Waals surface area contributed by atoms with E-state index in [0.29, 0.717) is 17.1 Å². The van der Waals surface area contributed by atoms with Crippen LogP contribution in [0.4, 0.5) is 0 Å². The lowest BCUT2D eigenvalue weighted by molar-refractivity contribution is 0.0229. The fourth-order valence-electron chi connectivity index (χ4n) is 2.16. The second kappa shape index (κ2) is 5.32. The van der Waals surface area contributed by atoms with E-state index in [9.17, 15) is 4.79 Å². The van der Waals surface area contributed by atoms with Gasteiger partial charge in [0, 0.05) is 0 Å². The Kier molecular flexibility index (Phi) is 3.37. The average Bonchev–Trinajstić information content (AvgIpc) is 2.48. The van der Waals surface area contributed by atoms with Crippen LogP contribution >= 0.6 is 0 Å². The number of ether oxygens (including phenoxy) is 3. The van der Waals surface area contributed by atoms with Crippen LogP contribution in [0, 0.1) is 0 Å². The van der Waals surface area contributed by atoms with E-state index in [0.717, 1.165) is 25.9 Å². The molecule has 1 saturated heterocycles. The molecule has 1 fully saturated rings. The molecule has 19 heavy (non-hydrogen) atoms. The van der Waals surface area contributed by atoms with Crippen molar-refractivity contribution in [1.29, 1.82) is 0 Å². The Labute approximate surface area is 111 Å². The van der Waals surface area contributed by atoms with Gasteiger partial charge in [-0.1, -0.05) is 0 Å². The first-order chi connectivity index (χ1) is 9.33. The van der Waals surface area contributed by atoms with Gasteiger partial charge in [-0.3, -0.25) is 0 Å². The average molecular weight is 261 g/mol. The van der Waals surface area contributed by atoms with E-state index in [4.69, 9.17) is 14.2 Å². The Balaban J connectivity index is 1.69. The quantitative estimate of drug-likeness (QED) is 0.823. The van der Waals surface area contributed by atoms with Gasteiger partial charge in [-0.05, 0) is 44.1 Å². The minimum absolute atomic E-state index is 0.00171. The van der Waals surface area contributed by atoms with E-state index in [2.05, 4.69) is 5.32 Å². The van der Waals surface area contributed by atoms with Gasteiger partial charge in [-0.15, -0.1) is 0 Å². The lowest BCUT2D eigenvalue weighted by Gasteiger charge is -2.23. The summed E-state index contributed by atoms with van der Waals surface area (Å²) in [6.07, 6.45) is 4.61. The summed E-state index contributed by atoms with van der Waals surface area (Å²) in [5.74, 6) is 0.816. The molecule has 1 aromatic carbocycles. The molecule has 2 heterocycles. The number of piperidine rings is 1.